The van der Waals surface area contributed by atoms with Gasteiger partial charge in [-0.1, -0.05) is 24.4 Å². The van der Waals surface area contributed by atoms with Crippen LogP contribution in [0.15, 0.2) is 6.20 Å². The Morgan fingerprint density at radius 1 is 1.04 bits per heavy atom. The molecule has 0 bridgehead atoms. The second-order valence-electron chi connectivity index (χ2n) is 7.31. The molecule has 24 heavy (non-hydrogen) atoms. The van der Waals surface area contributed by atoms with Crippen molar-refractivity contribution in [2.24, 2.45) is 5.92 Å². The molecule has 1 amide bonds. The summed E-state index contributed by atoms with van der Waals surface area (Å²) in [5, 5.41) is 0.376. The number of carbonyl (C=O) groups is 1. The number of carbonyl (C=O) groups excluding carboxylic acids is 1. The molecule has 130 valence electrons. The van der Waals surface area contributed by atoms with Crippen LogP contribution < -0.4 is 4.90 Å². The van der Waals surface area contributed by atoms with Crippen LogP contribution in [0.4, 0.5) is 5.95 Å². The number of hydrogen-bond donors (Lipinski definition) is 0. The van der Waals surface area contributed by atoms with Crippen LogP contribution in [0, 0.1) is 5.92 Å². The van der Waals surface area contributed by atoms with Crippen molar-refractivity contribution in [3.8, 4) is 0 Å². The van der Waals surface area contributed by atoms with Crippen molar-refractivity contribution in [2.45, 2.75) is 57.4 Å². The minimum absolute atomic E-state index is 0.000512. The molecule has 5 nitrogen and oxygen atoms in total. The van der Waals surface area contributed by atoms with Gasteiger partial charge >= 0.3 is 0 Å². The first-order valence-corrected chi connectivity index (χ1v) is 9.70. The van der Waals surface area contributed by atoms with Gasteiger partial charge in [0, 0.05) is 25.7 Å². The van der Waals surface area contributed by atoms with Crippen LogP contribution in [0.2, 0.25) is 5.02 Å². The van der Waals surface area contributed by atoms with E-state index in [1.165, 1.54) is 25.7 Å². The van der Waals surface area contributed by atoms with E-state index in [1.54, 1.807) is 6.20 Å². The van der Waals surface area contributed by atoms with E-state index in [-0.39, 0.29) is 5.91 Å². The molecule has 1 saturated carbocycles. The molecular weight excluding hydrogens is 324 g/mol. The second-order valence-corrected chi connectivity index (χ2v) is 7.72. The first kappa shape index (κ1) is 16.1. The van der Waals surface area contributed by atoms with Gasteiger partial charge in [0.15, 0.2) is 5.69 Å². The fraction of sp³-hybridized carbons (Fsp3) is 0.722. The van der Waals surface area contributed by atoms with Gasteiger partial charge in [0.05, 0.1) is 11.2 Å². The number of hydrogen-bond acceptors (Lipinski definition) is 4. The predicted octanol–water partition coefficient (Wildman–Crippen LogP) is 3.53. The number of nitrogens with zero attached hydrogens (tertiary/aromatic N) is 4. The molecule has 0 aromatic carbocycles. The number of anilines is 1. The molecule has 1 aliphatic carbocycles. The van der Waals surface area contributed by atoms with Gasteiger partial charge in [-0.05, 0) is 44.4 Å². The zero-order valence-corrected chi connectivity index (χ0v) is 14.8. The summed E-state index contributed by atoms with van der Waals surface area (Å²) in [6.45, 7) is 2.76. The molecule has 2 saturated heterocycles. The largest absolute Gasteiger partial charge is 0.341 e. The van der Waals surface area contributed by atoms with Gasteiger partial charge in [-0.2, -0.15) is 0 Å². The van der Waals surface area contributed by atoms with Crippen molar-refractivity contribution >= 4 is 23.5 Å². The lowest BCUT2D eigenvalue weighted by molar-refractivity contribution is 0.0385. The molecule has 3 aliphatic rings. The third kappa shape index (κ3) is 2.99. The van der Waals surface area contributed by atoms with E-state index in [2.05, 4.69) is 19.8 Å². The molecule has 0 spiro atoms. The quantitative estimate of drug-likeness (QED) is 0.820. The van der Waals surface area contributed by atoms with Crippen LogP contribution in [0.25, 0.3) is 0 Å². The molecule has 2 aliphatic heterocycles. The van der Waals surface area contributed by atoms with E-state index >= 15 is 0 Å². The molecule has 0 radical (unpaired) electrons. The van der Waals surface area contributed by atoms with Crippen LogP contribution in [0.1, 0.15) is 61.9 Å². The van der Waals surface area contributed by atoms with Crippen LogP contribution >= 0.6 is 11.6 Å². The minimum atomic E-state index is -0.000512. The van der Waals surface area contributed by atoms with E-state index in [0.29, 0.717) is 28.6 Å². The third-order valence-corrected chi connectivity index (χ3v) is 6.10. The summed E-state index contributed by atoms with van der Waals surface area (Å²) in [7, 11) is 0. The topological polar surface area (TPSA) is 49.3 Å². The van der Waals surface area contributed by atoms with E-state index in [0.717, 1.165) is 45.3 Å². The maximum absolute atomic E-state index is 13.2. The Morgan fingerprint density at radius 2 is 1.79 bits per heavy atom. The standard InChI is InChI=1S/C18H25ClN4O/c19-14-12-20-18(22-9-3-4-10-22)21-16(14)17(24)23-11-5-7-13-6-1-2-8-15(13)23/h12-13,15H,1-11H2/t13-,15-/m0/s1. The number of piperidine rings is 1. The Kier molecular flexibility index (Phi) is 4.61. The van der Waals surface area contributed by atoms with Gasteiger partial charge in [0.25, 0.3) is 5.91 Å². The summed E-state index contributed by atoms with van der Waals surface area (Å²) in [5.74, 6) is 1.31. The Balaban J connectivity index is 1.59. The molecule has 4 rings (SSSR count). The number of rotatable bonds is 2. The summed E-state index contributed by atoms with van der Waals surface area (Å²) in [4.78, 5) is 26.3. The van der Waals surface area contributed by atoms with E-state index in [9.17, 15) is 4.79 Å². The first-order valence-electron chi connectivity index (χ1n) is 9.32. The van der Waals surface area contributed by atoms with Gasteiger partial charge in [0.2, 0.25) is 5.95 Å². The average molecular weight is 349 g/mol. The zero-order chi connectivity index (χ0) is 16.5. The molecule has 3 fully saturated rings. The zero-order valence-electron chi connectivity index (χ0n) is 14.1. The number of fused-ring (bicyclic) bond motifs is 1. The molecule has 6 heteroatoms. The highest BCUT2D eigenvalue weighted by Gasteiger charge is 2.37. The monoisotopic (exact) mass is 348 g/mol. The van der Waals surface area contributed by atoms with Gasteiger partial charge in [-0.25, -0.2) is 9.97 Å². The Labute approximate surface area is 148 Å². The fourth-order valence-corrected chi connectivity index (χ4v) is 4.76. The number of amides is 1. The maximum atomic E-state index is 13.2. The van der Waals surface area contributed by atoms with Crippen molar-refractivity contribution < 1.29 is 4.79 Å². The van der Waals surface area contributed by atoms with Crippen molar-refractivity contribution in [1.82, 2.24) is 14.9 Å². The molecule has 3 heterocycles. The van der Waals surface area contributed by atoms with Crippen molar-refractivity contribution in [1.29, 1.82) is 0 Å². The minimum Gasteiger partial charge on any atom is -0.341 e. The molecule has 2 atom stereocenters. The molecule has 1 aromatic heterocycles. The smallest absolute Gasteiger partial charge is 0.274 e. The highest BCUT2D eigenvalue weighted by molar-refractivity contribution is 6.33. The van der Waals surface area contributed by atoms with Crippen LogP contribution in [-0.4, -0.2) is 46.5 Å². The SMILES string of the molecule is O=C(c1nc(N2CCCC2)ncc1Cl)N1CCC[C@@H]2CCCC[C@@H]21. The Bertz CT molecular complexity index is 615. The lowest BCUT2D eigenvalue weighted by atomic mass is 9.78. The number of halogens is 1. The molecular formula is C18H25ClN4O. The van der Waals surface area contributed by atoms with Crippen LogP contribution in [0.3, 0.4) is 0 Å². The summed E-state index contributed by atoms with van der Waals surface area (Å²) < 4.78 is 0. The lowest BCUT2D eigenvalue weighted by Gasteiger charge is -2.44. The van der Waals surface area contributed by atoms with Gasteiger partial charge in [-0.15, -0.1) is 0 Å². The number of aromatic nitrogens is 2. The van der Waals surface area contributed by atoms with Crippen LogP contribution in [-0.2, 0) is 0 Å². The lowest BCUT2D eigenvalue weighted by Crippen LogP contribution is -2.50. The molecule has 0 N–H and O–H groups in total. The van der Waals surface area contributed by atoms with Gasteiger partial charge in [0.1, 0.15) is 0 Å². The number of likely N-dealkylation sites (tertiary alicyclic amines) is 1. The highest BCUT2D eigenvalue weighted by atomic mass is 35.5. The highest BCUT2D eigenvalue weighted by Crippen LogP contribution is 2.36. The predicted molar refractivity (Wildman–Crippen MR) is 94.5 cm³/mol. The molecule has 1 aromatic rings. The maximum Gasteiger partial charge on any atom is 0.274 e. The van der Waals surface area contributed by atoms with Crippen LogP contribution in [0.5, 0.6) is 0 Å². The van der Waals surface area contributed by atoms with Crippen molar-refractivity contribution in [2.75, 3.05) is 24.5 Å². The second kappa shape index (κ2) is 6.87. The van der Waals surface area contributed by atoms with Gasteiger partial charge < -0.3 is 9.80 Å². The van der Waals surface area contributed by atoms with E-state index < -0.39 is 0 Å². The fourth-order valence-electron chi connectivity index (χ4n) is 4.59. The molecule has 0 unspecified atom stereocenters. The summed E-state index contributed by atoms with van der Waals surface area (Å²) in [6, 6.07) is 0.376. The van der Waals surface area contributed by atoms with Crippen molar-refractivity contribution in [3.63, 3.8) is 0 Å². The summed E-state index contributed by atoms with van der Waals surface area (Å²) in [6.07, 6.45) is 11.2. The average Bonchev–Trinajstić information content (AvgIpc) is 3.16. The Hall–Kier alpha value is -1.36. The van der Waals surface area contributed by atoms with Gasteiger partial charge in [-0.3, -0.25) is 4.79 Å². The first-order chi connectivity index (χ1) is 11.7. The normalized spacial score (nSPS) is 27.2. The van der Waals surface area contributed by atoms with E-state index in [4.69, 9.17) is 11.6 Å². The third-order valence-electron chi connectivity index (χ3n) is 5.83. The Morgan fingerprint density at radius 3 is 2.62 bits per heavy atom. The summed E-state index contributed by atoms with van der Waals surface area (Å²) >= 11 is 6.30. The van der Waals surface area contributed by atoms with Crippen molar-refractivity contribution in [3.05, 3.63) is 16.9 Å². The van der Waals surface area contributed by atoms with E-state index in [1.807, 2.05) is 0 Å². The summed E-state index contributed by atoms with van der Waals surface area (Å²) in [5.41, 5.74) is 0.389.